The molecule has 0 radical (unpaired) electrons. The van der Waals surface area contributed by atoms with Gasteiger partial charge in [0.15, 0.2) is 0 Å². The van der Waals surface area contributed by atoms with Crippen LogP contribution in [0.25, 0.3) is 0 Å². The summed E-state index contributed by atoms with van der Waals surface area (Å²) in [5.41, 5.74) is 0. The van der Waals surface area contributed by atoms with Gasteiger partial charge in [0.1, 0.15) is 0 Å². The molecule has 0 unspecified atom stereocenters. The Labute approximate surface area is 278 Å². The summed E-state index contributed by atoms with van der Waals surface area (Å²) in [4.78, 5) is 0. The molecule has 6 aromatic carbocycles. The predicted octanol–water partition coefficient (Wildman–Crippen LogP) is 9.56. The largest absolute Gasteiger partial charge is 0.0882 e. The normalized spacial score (nSPS) is 12.2. The zero-order valence-electron chi connectivity index (χ0n) is 26.4. The fourth-order valence-electron chi connectivity index (χ4n) is 5.21. The van der Waals surface area contributed by atoms with Gasteiger partial charge < -0.3 is 0 Å². The molecule has 0 saturated carbocycles. The van der Waals surface area contributed by atoms with E-state index in [1.54, 1.807) is 0 Å². The molecule has 0 aliphatic heterocycles. The van der Waals surface area contributed by atoms with Gasteiger partial charge in [-0.05, 0) is 73.4 Å². The molecule has 0 atom stereocenters. The van der Waals surface area contributed by atoms with Crippen LogP contribution in [0.5, 0.6) is 0 Å². The van der Waals surface area contributed by atoms with E-state index in [1.165, 1.54) is 57.5 Å². The second-order valence-electron chi connectivity index (χ2n) is 10.8. The molecular formula is C44H42P2. The lowest BCUT2D eigenvalue weighted by atomic mass is 10.1. The maximum Gasteiger partial charge on any atom is -0.0134 e. The zero-order valence-corrected chi connectivity index (χ0v) is 28.1. The van der Waals surface area contributed by atoms with Crippen LogP contribution >= 0.6 is 15.8 Å². The van der Waals surface area contributed by atoms with Crippen molar-refractivity contribution >= 4 is 47.7 Å². The molecule has 0 saturated heterocycles. The molecule has 228 valence electrons. The van der Waals surface area contributed by atoms with Gasteiger partial charge in [0.2, 0.25) is 0 Å². The van der Waals surface area contributed by atoms with E-state index in [4.69, 9.17) is 0 Å². The van der Waals surface area contributed by atoms with E-state index in [1.807, 2.05) is 0 Å². The van der Waals surface area contributed by atoms with Crippen molar-refractivity contribution in [2.45, 2.75) is 25.7 Å². The first-order valence-electron chi connectivity index (χ1n) is 16.1. The van der Waals surface area contributed by atoms with Gasteiger partial charge >= 0.3 is 0 Å². The van der Waals surface area contributed by atoms with E-state index in [9.17, 15) is 0 Å². The molecule has 0 spiro atoms. The average Bonchev–Trinajstić information content (AvgIpc) is 3.12. The van der Waals surface area contributed by atoms with Crippen molar-refractivity contribution < 1.29 is 0 Å². The summed E-state index contributed by atoms with van der Waals surface area (Å²) in [6.07, 6.45) is 14.0. The summed E-state index contributed by atoms with van der Waals surface area (Å²) in [7, 11) is -0.892. The molecule has 7 rings (SSSR count). The Morgan fingerprint density at radius 2 is 0.370 bits per heavy atom. The van der Waals surface area contributed by atoms with Crippen LogP contribution in [-0.4, -0.2) is 0 Å². The lowest BCUT2D eigenvalue weighted by Gasteiger charge is -2.18. The standard InChI is InChI=1S/2C18H15P.C8H12/c2*1-4-10-16(11-5-1)19(17-12-6-2-7-13-17)18-14-8-3-9-15-18;1-2-4-6-8-7-5-3-1/h2*1-15H;1-2,7-8H,3-6H2. The van der Waals surface area contributed by atoms with Gasteiger partial charge in [-0.2, -0.15) is 0 Å². The second kappa shape index (κ2) is 19.2. The van der Waals surface area contributed by atoms with Crippen molar-refractivity contribution in [3.63, 3.8) is 0 Å². The van der Waals surface area contributed by atoms with Gasteiger partial charge in [0.05, 0.1) is 0 Å². The minimum absolute atomic E-state index is 0.446. The van der Waals surface area contributed by atoms with Gasteiger partial charge in [-0.15, -0.1) is 0 Å². The maximum absolute atomic E-state index is 2.27. The topological polar surface area (TPSA) is 0 Å². The smallest absolute Gasteiger partial charge is 0.0134 e. The summed E-state index contributed by atoms with van der Waals surface area (Å²) in [5.74, 6) is 0. The molecule has 46 heavy (non-hydrogen) atoms. The van der Waals surface area contributed by atoms with Crippen LogP contribution in [0.3, 0.4) is 0 Å². The molecule has 0 aromatic heterocycles. The Bertz CT molecular complexity index is 1370. The Morgan fingerprint density at radius 3 is 0.522 bits per heavy atom. The van der Waals surface area contributed by atoms with Crippen molar-refractivity contribution in [2.24, 2.45) is 0 Å². The van der Waals surface area contributed by atoms with Gasteiger partial charge in [0, 0.05) is 0 Å². The predicted molar refractivity (Wildman–Crippen MR) is 207 cm³/mol. The van der Waals surface area contributed by atoms with E-state index < -0.39 is 15.8 Å². The van der Waals surface area contributed by atoms with Crippen molar-refractivity contribution in [1.82, 2.24) is 0 Å². The van der Waals surface area contributed by atoms with E-state index in [2.05, 4.69) is 206 Å². The molecule has 6 aromatic rings. The summed E-state index contributed by atoms with van der Waals surface area (Å²) in [6.45, 7) is 0. The quantitative estimate of drug-likeness (QED) is 0.127. The molecule has 0 bridgehead atoms. The summed E-state index contributed by atoms with van der Waals surface area (Å²) < 4.78 is 0. The molecule has 0 amide bonds. The van der Waals surface area contributed by atoms with E-state index in [0.29, 0.717) is 0 Å². The molecule has 1 aliphatic rings. The first-order chi connectivity index (χ1) is 22.9. The first kappa shape index (κ1) is 33.0. The van der Waals surface area contributed by atoms with Crippen molar-refractivity contribution in [2.75, 3.05) is 0 Å². The summed E-state index contributed by atoms with van der Waals surface area (Å²) >= 11 is 0. The SMILES string of the molecule is C1=CCCC=CCC1.c1ccc(P(c2ccccc2)c2ccccc2)cc1.c1ccc(P(c2ccccc2)c2ccccc2)cc1. The van der Waals surface area contributed by atoms with E-state index >= 15 is 0 Å². The molecule has 1 aliphatic carbocycles. The molecule has 0 heterocycles. The maximum atomic E-state index is 2.27. The fraction of sp³-hybridized carbons (Fsp3) is 0.0909. The highest BCUT2D eigenvalue weighted by Gasteiger charge is 2.16. The van der Waals surface area contributed by atoms with Crippen LogP contribution < -0.4 is 31.8 Å². The average molecular weight is 633 g/mol. The van der Waals surface area contributed by atoms with Gasteiger partial charge in [-0.25, -0.2) is 0 Å². The second-order valence-corrected chi connectivity index (χ2v) is 15.2. The highest BCUT2D eigenvalue weighted by atomic mass is 31.1. The monoisotopic (exact) mass is 632 g/mol. The molecule has 0 nitrogen and oxygen atoms in total. The Hall–Kier alpha value is -4.34. The first-order valence-corrected chi connectivity index (χ1v) is 18.8. The van der Waals surface area contributed by atoms with Crippen LogP contribution in [0.1, 0.15) is 25.7 Å². The summed E-state index contributed by atoms with van der Waals surface area (Å²) in [6, 6.07) is 64.7. The highest BCUT2D eigenvalue weighted by Crippen LogP contribution is 2.33. The van der Waals surface area contributed by atoms with Gasteiger partial charge in [0.25, 0.3) is 0 Å². The Balaban J connectivity index is 0.000000147. The number of hydrogen-bond donors (Lipinski definition) is 0. The Kier molecular flexibility index (Phi) is 13.8. The third-order valence-corrected chi connectivity index (χ3v) is 12.3. The highest BCUT2D eigenvalue weighted by molar-refractivity contribution is 7.80. The molecular weight excluding hydrogens is 590 g/mol. The van der Waals surface area contributed by atoms with Crippen LogP contribution in [0.15, 0.2) is 206 Å². The van der Waals surface area contributed by atoms with Crippen LogP contribution in [-0.2, 0) is 0 Å². The van der Waals surface area contributed by atoms with E-state index in [-0.39, 0.29) is 0 Å². The van der Waals surface area contributed by atoms with Crippen LogP contribution in [0, 0.1) is 0 Å². The minimum Gasteiger partial charge on any atom is -0.0882 e. The van der Waals surface area contributed by atoms with Crippen LogP contribution in [0.2, 0.25) is 0 Å². The molecule has 0 N–H and O–H groups in total. The third-order valence-electron chi connectivity index (χ3n) is 7.42. The molecule has 2 heteroatoms. The van der Waals surface area contributed by atoms with Gasteiger partial charge in [-0.1, -0.05) is 206 Å². The van der Waals surface area contributed by atoms with Crippen molar-refractivity contribution in [1.29, 1.82) is 0 Å². The molecule has 0 fully saturated rings. The van der Waals surface area contributed by atoms with E-state index in [0.717, 1.165) is 0 Å². The minimum atomic E-state index is -0.446. The van der Waals surface area contributed by atoms with Crippen molar-refractivity contribution in [3.8, 4) is 0 Å². The Morgan fingerprint density at radius 1 is 0.217 bits per heavy atom. The lowest BCUT2D eigenvalue weighted by molar-refractivity contribution is 0.962. The zero-order chi connectivity index (χ0) is 31.5. The third kappa shape index (κ3) is 10.4. The van der Waals surface area contributed by atoms with Crippen molar-refractivity contribution in [3.05, 3.63) is 206 Å². The summed E-state index contributed by atoms with van der Waals surface area (Å²) in [5, 5.41) is 8.39. The lowest BCUT2D eigenvalue weighted by Crippen LogP contribution is -2.20. The van der Waals surface area contributed by atoms with Crippen LogP contribution in [0.4, 0.5) is 0 Å². The number of benzene rings is 6. The number of allylic oxidation sites excluding steroid dienone is 4. The number of hydrogen-bond acceptors (Lipinski definition) is 0. The number of rotatable bonds is 6. The van der Waals surface area contributed by atoms with Gasteiger partial charge in [-0.3, -0.25) is 0 Å². The fourth-order valence-corrected chi connectivity index (χ4v) is 9.82.